The Morgan fingerprint density at radius 3 is 2.65 bits per heavy atom. The van der Waals surface area contributed by atoms with E-state index in [-0.39, 0.29) is 28.3 Å². The van der Waals surface area contributed by atoms with Crippen molar-refractivity contribution in [2.75, 3.05) is 0 Å². The maximum Gasteiger partial charge on any atom is 0.273 e. The van der Waals surface area contributed by atoms with Crippen LogP contribution in [0.1, 0.15) is 15.9 Å². The molecule has 0 radical (unpaired) electrons. The molecule has 0 saturated carbocycles. The predicted octanol–water partition coefficient (Wildman–Crippen LogP) is 3.81. The molecule has 0 unspecified atom stereocenters. The Balaban J connectivity index is 2.33. The van der Waals surface area contributed by atoms with Gasteiger partial charge in [-0.05, 0) is 18.2 Å². The van der Waals surface area contributed by atoms with E-state index >= 15 is 0 Å². The van der Waals surface area contributed by atoms with Crippen molar-refractivity contribution in [1.29, 1.82) is 0 Å². The number of nitro benzene ring substituents is 1. The molecule has 0 atom stereocenters. The van der Waals surface area contributed by atoms with Crippen molar-refractivity contribution in [2.45, 2.75) is 6.42 Å². The van der Waals surface area contributed by atoms with E-state index in [1.165, 1.54) is 30.3 Å². The first kappa shape index (κ1) is 14.1. The molecule has 0 aliphatic heterocycles. The Bertz CT molecular complexity index is 688. The Hall–Kier alpha value is -2.27. The van der Waals surface area contributed by atoms with Crippen molar-refractivity contribution < 1.29 is 14.1 Å². The highest BCUT2D eigenvalue weighted by molar-refractivity contribution is 6.31. The third-order valence-corrected chi connectivity index (χ3v) is 3.00. The second-order valence-electron chi connectivity index (χ2n) is 4.11. The minimum Gasteiger partial charge on any atom is -0.294 e. The van der Waals surface area contributed by atoms with Crippen LogP contribution in [0.15, 0.2) is 42.5 Å². The molecule has 0 heterocycles. The molecule has 6 heteroatoms. The number of nitro groups is 1. The van der Waals surface area contributed by atoms with Gasteiger partial charge in [-0.3, -0.25) is 14.9 Å². The van der Waals surface area contributed by atoms with Gasteiger partial charge in [0.15, 0.2) is 5.78 Å². The lowest BCUT2D eigenvalue weighted by Crippen LogP contribution is -2.08. The molecule has 0 aromatic heterocycles. The maximum absolute atomic E-state index is 13.6. The fourth-order valence-electron chi connectivity index (χ4n) is 1.82. The van der Waals surface area contributed by atoms with E-state index in [9.17, 15) is 19.3 Å². The Morgan fingerprint density at radius 2 is 1.95 bits per heavy atom. The van der Waals surface area contributed by atoms with E-state index in [1.807, 2.05) is 0 Å². The summed E-state index contributed by atoms with van der Waals surface area (Å²) in [5, 5.41) is 11.1. The monoisotopic (exact) mass is 293 g/mol. The number of halogens is 2. The molecule has 0 aliphatic carbocycles. The highest BCUT2D eigenvalue weighted by Gasteiger charge is 2.18. The average Bonchev–Trinajstić information content (AvgIpc) is 2.41. The van der Waals surface area contributed by atoms with Crippen LogP contribution in [0.2, 0.25) is 5.02 Å². The second kappa shape index (κ2) is 5.79. The maximum atomic E-state index is 13.6. The zero-order valence-electron chi connectivity index (χ0n) is 10.2. The number of ketones is 1. The van der Waals surface area contributed by atoms with Crippen molar-refractivity contribution >= 4 is 23.1 Å². The third-order valence-electron chi connectivity index (χ3n) is 2.77. The van der Waals surface area contributed by atoms with Gasteiger partial charge in [-0.25, -0.2) is 4.39 Å². The molecule has 2 aromatic rings. The van der Waals surface area contributed by atoms with Crippen LogP contribution < -0.4 is 0 Å². The fraction of sp³-hybridized carbons (Fsp3) is 0.0714. The van der Waals surface area contributed by atoms with Gasteiger partial charge in [-0.2, -0.15) is 0 Å². The number of Topliss-reactive ketones (excluding diaryl/α,β-unsaturated/α-hetero) is 1. The van der Waals surface area contributed by atoms with E-state index in [2.05, 4.69) is 0 Å². The molecular weight excluding hydrogens is 285 g/mol. The van der Waals surface area contributed by atoms with Crippen LogP contribution in [0.3, 0.4) is 0 Å². The van der Waals surface area contributed by atoms with Gasteiger partial charge in [0.1, 0.15) is 5.82 Å². The zero-order chi connectivity index (χ0) is 14.7. The Morgan fingerprint density at radius 1 is 1.25 bits per heavy atom. The molecule has 0 saturated heterocycles. The van der Waals surface area contributed by atoms with Gasteiger partial charge in [0.2, 0.25) is 0 Å². The largest absolute Gasteiger partial charge is 0.294 e. The first-order chi connectivity index (χ1) is 9.49. The highest BCUT2D eigenvalue weighted by atomic mass is 35.5. The number of nitrogens with zero attached hydrogens (tertiary/aromatic N) is 1. The Labute approximate surface area is 119 Å². The van der Waals surface area contributed by atoms with Gasteiger partial charge in [0.05, 0.1) is 10.5 Å². The highest BCUT2D eigenvalue weighted by Crippen LogP contribution is 2.22. The van der Waals surface area contributed by atoms with E-state index in [0.29, 0.717) is 0 Å². The fourth-order valence-corrected chi connectivity index (χ4v) is 1.99. The molecule has 2 rings (SSSR count). The molecule has 4 nitrogen and oxygen atoms in total. The van der Waals surface area contributed by atoms with E-state index in [1.54, 1.807) is 6.07 Å². The van der Waals surface area contributed by atoms with Crippen LogP contribution >= 0.6 is 11.6 Å². The summed E-state index contributed by atoms with van der Waals surface area (Å²) in [7, 11) is 0. The van der Waals surface area contributed by atoms with E-state index < -0.39 is 16.5 Å². The van der Waals surface area contributed by atoms with Gasteiger partial charge in [-0.1, -0.05) is 29.8 Å². The molecule has 0 aliphatic rings. The molecule has 0 fully saturated rings. The van der Waals surface area contributed by atoms with E-state index in [4.69, 9.17) is 11.6 Å². The first-order valence-electron chi connectivity index (χ1n) is 5.69. The number of benzene rings is 2. The molecule has 20 heavy (non-hydrogen) atoms. The van der Waals surface area contributed by atoms with Crippen molar-refractivity contribution in [3.05, 3.63) is 74.5 Å². The predicted molar refractivity (Wildman–Crippen MR) is 72.5 cm³/mol. The summed E-state index contributed by atoms with van der Waals surface area (Å²) in [6.07, 6.45) is -0.256. The lowest BCUT2D eigenvalue weighted by molar-refractivity contribution is -0.385. The number of hydrogen-bond acceptors (Lipinski definition) is 3. The molecule has 0 amide bonds. The number of carbonyl (C=O) groups excluding carboxylic acids is 1. The number of para-hydroxylation sites is 1. The van der Waals surface area contributed by atoms with Crippen LogP contribution in [0, 0.1) is 15.9 Å². The first-order valence-corrected chi connectivity index (χ1v) is 6.07. The average molecular weight is 294 g/mol. The molecule has 2 aromatic carbocycles. The van der Waals surface area contributed by atoms with Crippen LogP contribution in [-0.4, -0.2) is 10.7 Å². The normalized spacial score (nSPS) is 10.3. The van der Waals surface area contributed by atoms with Crippen LogP contribution in [-0.2, 0) is 6.42 Å². The minimum atomic E-state index is -0.696. The minimum absolute atomic E-state index is 0.164. The number of rotatable bonds is 4. The SMILES string of the molecule is O=C(Cc1ccccc1[N+](=O)[O-])c1cc(Cl)ccc1F. The number of carbonyl (C=O) groups is 1. The summed E-state index contributed by atoms with van der Waals surface area (Å²) < 4.78 is 13.6. The van der Waals surface area contributed by atoms with Gasteiger partial charge in [0.25, 0.3) is 5.69 Å². The van der Waals surface area contributed by atoms with Crippen molar-refractivity contribution in [2.24, 2.45) is 0 Å². The van der Waals surface area contributed by atoms with Crippen molar-refractivity contribution in [1.82, 2.24) is 0 Å². The standard InChI is InChI=1S/C14H9ClFNO3/c15-10-5-6-12(16)11(8-10)14(18)7-9-3-1-2-4-13(9)17(19)20/h1-6,8H,7H2. The lowest BCUT2D eigenvalue weighted by Gasteiger charge is -2.04. The van der Waals surface area contributed by atoms with Crippen LogP contribution in [0.4, 0.5) is 10.1 Å². The second-order valence-corrected chi connectivity index (χ2v) is 4.55. The topological polar surface area (TPSA) is 60.2 Å². The summed E-state index contributed by atoms with van der Waals surface area (Å²) in [6, 6.07) is 9.51. The van der Waals surface area contributed by atoms with Gasteiger partial charge in [-0.15, -0.1) is 0 Å². The van der Waals surface area contributed by atoms with Crippen LogP contribution in [0.25, 0.3) is 0 Å². The summed E-state index contributed by atoms with van der Waals surface area (Å²) in [5.41, 5.74) is -0.0965. The summed E-state index contributed by atoms with van der Waals surface area (Å²) in [4.78, 5) is 22.3. The van der Waals surface area contributed by atoms with Gasteiger partial charge >= 0.3 is 0 Å². The molecule has 0 bridgehead atoms. The molecule has 102 valence electrons. The summed E-state index contributed by atoms with van der Waals surface area (Å²) in [6.45, 7) is 0. The summed E-state index contributed by atoms with van der Waals surface area (Å²) in [5.74, 6) is -1.25. The van der Waals surface area contributed by atoms with Crippen molar-refractivity contribution in [3.63, 3.8) is 0 Å². The smallest absolute Gasteiger partial charge is 0.273 e. The Kier molecular flexibility index (Phi) is 4.10. The van der Waals surface area contributed by atoms with E-state index in [0.717, 1.165) is 6.07 Å². The van der Waals surface area contributed by atoms with Gasteiger partial charge in [0, 0.05) is 23.1 Å². The van der Waals surface area contributed by atoms with Gasteiger partial charge < -0.3 is 0 Å². The third kappa shape index (κ3) is 3.00. The number of hydrogen-bond donors (Lipinski definition) is 0. The quantitative estimate of drug-likeness (QED) is 0.489. The molecular formula is C14H9ClFNO3. The summed E-state index contributed by atoms with van der Waals surface area (Å²) >= 11 is 5.72. The molecule has 0 N–H and O–H groups in total. The molecule has 0 spiro atoms. The lowest BCUT2D eigenvalue weighted by atomic mass is 10.0. The van der Waals surface area contributed by atoms with Crippen molar-refractivity contribution in [3.8, 4) is 0 Å². The van der Waals surface area contributed by atoms with Crippen LogP contribution in [0.5, 0.6) is 0 Å². The zero-order valence-corrected chi connectivity index (χ0v) is 10.9.